The van der Waals surface area contributed by atoms with Gasteiger partial charge in [0.2, 0.25) is 0 Å². The molecule has 0 radical (unpaired) electrons. The monoisotopic (exact) mass is 499 g/mol. The number of fused-ring (bicyclic) bond motifs is 3. The molecule has 8 nitrogen and oxygen atoms in total. The van der Waals surface area contributed by atoms with Crippen molar-refractivity contribution in [2.75, 3.05) is 0 Å². The number of benzene rings is 2. The Balaban J connectivity index is 2.09. The summed E-state index contributed by atoms with van der Waals surface area (Å²) in [5.74, 6) is -0.545. The van der Waals surface area contributed by atoms with E-state index in [9.17, 15) is 14.4 Å². The first-order valence-corrected chi connectivity index (χ1v) is 12.4. The van der Waals surface area contributed by atoms with E-state index in [0.717, 1.165) is 5.39 Å². The van der Waals surface area contributed by atoms with Crippen molar-refractivity contribution in [1.82, 2.24) is 5.32 Å². The molecule has 0 aromatic heterocycles. The fraction of sp³-hybridized carbons (Fsp3) is 0.536. The minimum absolute atomic E-state index is 0.132. The minimum Gasteiger partial charge on any atom is -0.487 e. The van der Waals surface area contributed by atoms with Crippen LogP contribution in [0, 0.1) is 5.92 Å². The Morgan fingerprint density at radius 1 is 1.08 bits per heavy atom. The van der Waals surface area contributed by atoms with Crippen LogP contribution in [0.2, 0.25) is 0 Å². The number of hydrogen-bond acceptors (Lipinski definition) is 7. The molecule has 0 fully saturated rings. The highest BCUT2D eigenvalue weighted by atomic mass is 16.6. The number of carbonyl (C=O) groups is 3. The fourth-order valence-corrected chi connectivity index (χ4v) is 4.12. The van der Waals surface area contributed by atoms with Gasteiger partial charge in [-0.1, -0.05) is 44.5 Å². The summed E-state index contributed by atoms with van der Waals surface area (Å²) in [4.78, 5) is 38.1. The molecule has 36 heavy (non-hydrogen) atoms. The molecule has 2 unspecified atom stereocenters. The van der Waals surface area contributed by atoms with Crippen molar-refractivity contribution >= 4 is 28.8 Å². The van der Waals surface area contributed by atoms with Crippen molar-refractivity contribution in [2.45, 2.75) is 91.9 Å². The van der Waals surface area contributed by atoms with E-state index in [1.165, 1.54) is 6.92 Å². The van der Waals surface area contributed by atoms with E-state index < -0.39 is 35.3 Å². The van der Waals surface area contributed by atoms with E-state index >= 15 is 0 Å². The summed E-state index contributed by atoms with van der Waals surface area (Å²) >= 11 is 0. The van der Waals surface area contributed by atoms with Gasteiger partial charge in [-0.3, -0.25) is 4.79 Å². The quantitative estimate of drug-likeness (QED) is 0.401. The van der Waals surface area contributed by atoms with Crippen molar-refractivity contribution in [3.8, 4) is 17.2 Å². The van der Waals surface area contributed by atoms with Gasteiger partial charge in [0.15, 0.2) is 11.5 Å². The highest BCUT2D eigenvalue weighted by Crippen LogP contribution is 2.50. The molecule has 2 aromatic carbocycles. The zero-order chi connectivity index (χ0) is 26.8. The van der Waals surface area contributed by atoms with Crippen molar-refractivity contribution in [3.05, 3.63) is 29.8 Å². The van der Waals surface area contributed by atoms with Crippen LogP contribution in [0.5, 0.6) is 17.2 Å². The average Bonchev–Trinajstić information content (AvgIpc) is 2.77. The van der Waals surface area contributed by atoms with Gasteiger partial charge in [-0.15, -0.1) is 0 Å². The molecule has 0 saturated heterocycles. The van der Waals surface area contributed by atoms with Gasteiger partial charge >= 0.3 is 18.0 Å². The van der Waals surface area contributed by atoms with Crippen LogP contribution in [-0.2, 0) is 20.7 Å². The number of amides is 1. The number of rotatable bonds is 6. The van der Waals surface area contributed by atoms with Crippen molar-refractivity contribution < 1.29 is 33.3 Å². The zero-order valence-corrected chi connectivity index (χ0v) is 22.4. The maximum atomic E-state index is 13.5. The smallest absolute Gasteiger partial charge is 0.408 e. The number of alkyl carbamates (subject to hydrolysis) is 1. The average molecular weight is 500 g/mol. The normalized spacial score (nSPS) is 16.2. The fourth-order valence-electron chi connectivity index (χ4n) is 4.12. The Morgan fingerprint density at radius 2 is 1.72 bits per heavy atom. The molecule has 0 saturated carbocycles. The van der Waals surface area contributed by atoms with Gasteiger partial charge in [-0.25, -0.2) is 9.59 Å². The molecule has 0 bridgehead atoms. The summed E-state index contributed by atoms with van der Waals surface area (Å²) in [5, 5.41) is 3.98. The Labute approximate surface area is 212 Å². The van der Waals surface area contributed by atoms with Crippen molar-refractivity contribution in [2.24, 2.45) is 5.92 Å². The third-order valence-corrected chi connectivity index (χ3v) is 6.11. The van der Waals surface area contributed by atoms with Gasteiger partial charge < -0.3 is 24.3 Å². The van der Waals surface area contributed by atoms with Crippen molar-refractivity contribution in [1.29, 1.82) is 0 Å². The van der Waals surface area contributed by atoms with Crippen LogP contribution in [-0.4, -0.2) is 35.3 Å². The molecule has 1 amide bonds. The number of esters is 2. The SMILES string of the molecule is CCC(C)C(NC(=O)OC(C)(C)C)C(=O)Oc1c(OC(C)=O)c2c(c3ccccc13)OC(C)(C)CC2. The number of carbonyl (C=O) groups excluding carboxylic acids is 3. The molecule has 2 atom stereocenters. The lowest BCUT2D eigenvalue weighted by Gasteiger charge is -2.34. The maximum absolute atomic E-state index is 13.5. The summed E-state index contributed by atoms with van der Waals surface area (Å²) in [6, 6.07) is 6.38. The molecule has 0 spiro atoms. The summed E-state index contributed by atoms with van der Waals surface area (Å²) < 4.78 is 23.2. The summed E-state index contributed by atoms with van der Waals surface area (Å²) in [7, 11) is 0. The lowest BCUT2D eigenvalue weighted by atomic mass is 9.91. The number of hydrogen-bond donors (Lipinski definition) is 1. The van der Waals surface area contributed by atoms with Gasteiger partial charge in [-0.2, -0.15) is 0 Å². The predicted molar refractivity (Wildman–Crippen MR) is 137 cm³/mol. The standard InChI is InChI=1S/C28H37NO7/c1-9-16(2)21(29-26(32)36-27(4,5)6)25(31)34-23-19-13-11-10-12-18(19)22-20(24(23)33-17(3)30)14-15-28(7,8)35-22/h10-13,16,21H,9,14-15H2,1-8H3,(H,29,32). The molecule has 3 rings (SSSR count). The van der Waals surface area contributed by atoms with Crippen LogP contribution in [0.3, 0.4) is 0 Å². The second kappa shape index (κ2) is 10.4. The molecule has 1 heterocycles. The molecule has 196 valence electrons. The Hall–Kier alpha value is -3.29. The molecule has 1 N–H and O–H groups in total. The Bertz CT molecular complexity index is 1160. The van der Waals surface area contributed by atoms with Crippen LogP contribution >= 0.6 is 0 Å². The molecule has 0 aliphatic carbocycles. The first kappa shape index (κ1) is 27.3. The first-order valence-electron chi connectivity index (χ1n) is 12.4. The lowest BCUT2D eigenvalue weighted by molar-refractivity contribution is -0.139. The van der Waals surface area contributed by atoms with E-state index in [2.05, 4.69) is 5.32 Å². The van der Waals surface area contributed by atoms with E-state index in [0.29, 0.717) is 36.0 Å². The highest BCUT2D eigenvalue weighted by Gasteiger charge is 2.36. The Morgan fingerprint density at radius 3 is 2.31 bits per heavy atom. The first-order chi connectivity index (χ1) is 16.7. The van der Waals surface area contributed by atoms with Gasteiger partial charge in [0.1, 0.15) is 23.0 Å². The van der Waals surface area contributed by atoms with Crippen LogP contribution in [0.4, 0.5) is 4.79 Å². The van der Waals surface area contributed by atoms with E-state index in [4.69, 9.17) is 18.9 Å². The summed E-state index contributed by atoms with van der Waals surface area (Å²) in [5.41, 5.74) is -0.453. The predicted octanol–water partition coefficient (Wildman–Crippen LogP) is 5.71. The van der Waals surface area contributed by atoms with Crippen LogP contribution < -0.4 is 19.5 Å². The van der Waals surface area contributed by atoms with E-state index in [1.54, 1.807) is 26.8 Å². The highest BCUT2D eigenvalue weighted by molar-refractivity contribution is 6.00. The summed E-state index contributed by atoms with van der Waals surface area (Å²) in [6.07, 6.45) is 1.16. The molecule has 1 aliphatic rings. The van der Waals surface area contributed by atoms with Gasteiger partial charge in [0, 0.05) is 23.3 Å². The third kappa shape index (κ3) is 6.28. The van der Waals surface area contributed by atoms with Crippen LogP contribution in [0.1, 0.15) is 73.8 Å². The minimum atomic E-state index is -0.972. The van der Waals surface area contributed by atoms with Gasteiger partial charge in [0.05, 0.1) is 0 Å². The largest absolute Gasteiger partial charge is 0.487 e. The van der Waals surface area contributed by atoms with Crippen LogP contribution in [0.25, 0.3) is 10.8 Å². The molecule has 8 heteroatoms. The zero-order valence-electron chi connectivity index (χ0n) is 22.4. The van der Waals surface area contributed by atoms with Gasteiger partial charge in [-0.05, 0) is 53.4 Å². The second-order valence-corrected chi connectivity index (χ2v) is 10.9. The molecular formula is C28H37NO7. The third-order valence-electron chi connectivity index (χ3n) is 6.11. The van der Waals surface area contributed by atoms with Gasteiger partial charge in [0.25, 0.3) is 0 Å². The second-order valence-electron chi connectivity index (χ2n) is 10.9. The van der Waals surface area contributed by atoms with E-state index in [1.807, 2.05) is 45.9 Å². The van der Waals surface area contributed by atoms with E-state index in [-0.39, 0.29) is 17.4 Å². The molecule has 2 aromatic rings. The molecule has 1 aliphatic heterocycles. The van der Waals surface area contributed by atoms with Crippen molar-refractivity contribution in [3.63, 3.8) is 0 Å². The lowest BCUT2D eigenvalue weighted by Crippen LogP contribution is -2.48. The van der Waals surface area contributed by atoms with Crippen LogP contribution in [0.15, 0.2) is 24.3 Å². The summed E-state index contributed by atoms with van der Waals surface area (Å²) in [6.45, 7) is 14.3. The molecular weight excluding hydrogens is 462 g/mol. The maximum Gasteiger partial charge on any atom is 0.408 e. The topological polar surface area (TPSA) is 100 Å². The number of nitrogens with one attached hydrogen (secondary N) is 1. The Kier molecular flexibility index (Phi) is 7.86. The number of ether oxygens (including phenoxy) is 4.